The van der Waals surface area contributed by atoms with Crippen molar-refractivity contribution in [1.29, 1.82) is 0 Å². The van der Waals surface area contributed by atoms with E-state index >= 15 is 0 Å². The second kappa shape index (κ2) is 7.46. The van der Waals surface area contributed by atoms with Crippen LogP contribution in [-0.4, -0.2) is 23.8 Å². The second-order valence-corrected chi connectivity index (χ2v) is 8.01. The van der Waals surface area contributed by atoms with E-state index in [0.717, 1.165) is 50.8 Å². The van der Waals surface area contributed by atoms with Crippen molar-refractivity contribution in [3.8, 4) is 22.6 Å². The van der Waals surface area contributed by atoms with Gasteiger partial charge >= 0.3 is 0 Å². The van der Waals surface area contributed by atoms with Crippen molar-refractivity contribution in [3.05, 3.63) is 75.7 Å². The summed E-state index contributed by atoms with van der Waals surface area (Å²) in [5.74, 6) is 2.20. The van der Waals surface area contributed by atoms with E-state index in [9.17, 15) is 4.79 Å². The van der Waals surface area contributed by atoms with Crippen LogP contribution in [0.15, 0.2) is 58.7 Å². The molecule has 1 aliphatic rings. The second-order valence-electron chi connectivity index (χ2n) is 7.15. The number of nitrogens with zero attached hydrogens (tertiary/aromatic N) is 2. The molecule has 6 heteroatoms. The fraction of sp³-hybridized carbons (Fsp3) is 0.167. The molecule has 5 nitrogen and oxygen atoms in total. The Morgan fingerprint density at radius 1 is 1.07 bits per heavy atom. The van der Waals surface area contributed by atoms with E-state index in [2.05, 4.69) is 6.08 Å². The molecule has 3 heterocycles. The fourth-order valence-electron chi connectivity index (χ4n) is 3.90. The van der Waals surface area contributed by atoms with E-state index in [1.165, 1.54) is 11.3 Å². The zero-order chi connectivity index (χ0) is 20.7. The van der Waals surface area contributed by atoms with Gasteiger partial charge in [-0.25, -0.2) is 4.98 Å². The molecule has 0 bridgehead atoms. The number of fused-ring (bicyclic) bond motifs is 2. The number of allylic oxidation sites excluding steroid dienone is 1. The number of hydrogen-bond donors (Lipinski definition) is 0. The van der Waals surface area contributed by atoms with Crippen molar-refractivity contribution in [2.75, 3.05) is 14.2 Å². The summed E-state index contributed by atoms with van der Waals surface area (Å²) in [6, 6.07) is 15.8. The van der Waals surface area contributed by atoms with Crippen molar-refractivity contribution in [2.45, 2.75) is 13.0 Å². The lowest BCUT2D eigenvalue weighted by atomic mass is 10.1. The zero-order valence-electron chi connectivity index (χ0n) is 16.7. The van der Waals surface area contributed by atoms with Crippen LogP contribution in [0, 0.1) is 0 Å². The topological polar surface area (TPSA) is 53.4 Å². The summed E-state index contributed by atoms with van der Waals surface area (Å²) in [6.07, 6.45) is 2.83. The first-order valence-corrected chi connectivity index (χ1v) is 10.6. The molecular formula is C24H20N2O3S. The number of hydrogen-bond acceptors (Lipinski definition) is 5. The van der Waals surface area contributed by atoms with E-state index in [1.807, 2.05) is 53.9 Å². The van der Waals surface area contributed by atoms with Gasteiger partial charge < -0.3 is 9.47 Å². The summed E-state index contributed by atoms with van der Waals surface area (Å²) in [5.41, 5.74) is 4.03. The molecule has 0 saturated carbocycles. The summed E-state index contributed by atoms with van der Waals surface area (Å²) in [7, 11) is 3.27. The molecule has 0 unspecified atom stereocenters. The van der Waals surface area contributed by atoms with Gasteiger partial charge in [-0.1, -0.05) is 30.3 Å². The Morgan fingerprint density at radius 3 is 2.50 bits per heavy atom. The van der Waals surface area contributed by atoms with Crippen molar-refractivity contribution >= 4 is 33.2 Å². The average molecular weight is 417 g/mol. The molecule has 0 saturated heterocycles. The maximum atomic E-state index is 13.3. The van der Waals surface area contributed by atoms with Gasteiger partial charge in [0, 0.05) is 23.6 Å². The predicted octanol–water partition coefficient (Wildman–Crippen LogP) is 5.09. The molecule has 0 aliphatic carbocycles. The molecule has 150 valence electrons. The molecule has 4 aromatic rings. The highest BCUT2D eigenvalue weighted by atomic mass is 32.1. The maximum absolute atomic E-state index is 13.3. The monoisotopic (exact) mass is 416 g/mol. The van der Waals surface area contributed by atoms with Crippen LogP contribution >= 0.6 is 11.3 Å². The largest absolute Gasteiger partial charge is 0.497 e. The molecule has 2 aromatic heterocycles. The first-order valence-electron chi connectivity index (χ1n) is 9.69. The lowest BCUT2D eigenvalue weighted by Gasteiger charge is -2.07. The summed E-state index contributed by atoms with van der Waals surface area (Å²) < 4.78 is 12.5. The molecule has 1 aliphatic heterocycles. The Balaban J connectivity index is 1.64. The smallest absolute Gasteiger partial charge is 0.263 e. The minimum Gasteiger partial charge on any atom is -0.497 e. The lowest BCUT2D eigenvalue weighted by Crippen LogP contribution is -2.20. The van der Waals surface area contributed by atoms with E-state index < -0.39 is 0 Å². The van der Waals surface area contributed by atoms with Gasteiger partial charge in [-0.15, -0.1) is 11.3 Å². The standard InChI is InChI=1S/C24H20N2O3S/c1-28-18-11-15(12-19(13-18)29-2)10-17-8-9-26-22(17)25-23-21(24(26)27)20(14-30-23)16-6-4-3-5-7-16/h3-7,10-14H,8-9H2,1-2H3. The van der Waals surface area contributed by atoms with Gasteiger partial charge in [0.05, 0.1) is 19.6 Å². The Kier molecular flexibility index (Phi) is 4.64. The van der Waals surface area contributed by atoms with Crippen LogP contribution in [0.4, 0.5) is 0 Å². The Labute approximate surface area is 177 Å². The van der Waals surface area contributed by atoms with Gasteiger partial charge in [0.2, 0.25) is 0 Å². The summed E-state index contributed by atoms with van der Waals surface area (Å²) in [6.45, 7) is 0.633. The Bertz CT molecular complexity index is 1310. The summed E-state index contributed by atoms with van der Waals surface area (Å²) >= 11 is 1.52. The number of benzene rings is 2. The van der Waals surface area contributed by atoms with Gasteiger partial charge in [-0.3, -0.25) is 9.36 Å². The minimum atomic E-state index is 0.0294. The molecule has 0 atom stereocenters. The van der Waals surface area contributed by atoms with Crippen molar-refractivity contribution in [2.24, 2.45) is 0 Å². The predicted molar refractivity (Wildman–Crippen MR) is 121 cm³/mol. The quantitative estimate of drug-likeness (QED) is 0.465. The molecule has 0 amide bonds. The third-order valence-corrected chi connectivity index (χ3v) is 6.26. The first kappa shape index (κ1) is 18.6. The number of ether oxygens (including phenoxy) is 2. The third kappa shape index (κ3) is 3.09. The van der Waals surface area contributed by atoms with Crippen LogP contribution in [0.5, 0.6) is 11.5 Å². The van der Waals surface area contributed by atoms with E-state index in [-0.39, 0.29) is 5.56 Å². The minimum absolute atomic E-state index is 0.0294. The molecule has 30 heavy (non-hydrogen) atoms. The third-order valence-electron chi connectivity index (χ3n) is 5.39. The van der Waals surface area contributed by atoms with Crippen molar-refractivity contribution in [1.82, 2.24) is 9.55 Å². The molecule has 2 aromatic carbocycles. The zero-order valence-corrected chi connectivity index (χ0v) is 17.5. The fourth-order valence-corrected chi connectivity index (χ4v) is 4.84. The molecular weight excluding hydrogens is 396 g/mol. The molecule has 0 N–H and O–H groups in total. The molecule has 5 rings (SSSR count). The van der Waals surface area contributed by atoms with Crippen LogP contribution in [0.25, 0.3) is 33.0 Å². The highest BCUT2D eigenvalue weighted by molar-refractivity contribution is 7.17. The van der Waals surface area contributed by atoms with E-state index in [1.54, 1.807) is 18.8 Å². The lowest BCUT2D eigenvalue weighted by molar-refractivity contribution is 0.394. The summed E-state index contributed by atoms with van der Waals surface area (Å²) in [4.78, 5) is 19.0. The Morgan fingerprint density at radius 2 is 1.80 bits per heavy atom. The molecule has 0 fully saturated rings. The maximum Gasteiger partial charge on any atom is 0.263 e. The average Bonchev–Trinajstić information content (AvgIpc) is 3.39. The van der Waals surface area contributed by atoms with Crippen molar-refractivity contribution in [3.63, 3.8) is 0 Å². The van der Waals surface area contributed by atoms with E-state index in [4.69, 9.17) is 14.5 Å². The van der Waals surface area contributed by atoms with E-state index in [0.29, 0.717) is 11.9 Å². The van der Waals surface area contributed by atoms with Crippen LogP contribution in [0.3, 0.4) is 0 Å². The van der Waals surface area contributed by atoms with Crippen LogP contribution in [-0.2, 0) is 6.54 Å². The highest BCUT2D eigenvalue weighted by Crippen LogP contribution is 2.35. The van der Waals surface area contributed by atoms with Crippen molar-refractivity contribution < 1.29 is 9.47 Å². The SMILES string of the molecule is COc1cc(C=C2CCn3c2nc2scc(-c4ccccc4)c2c3=O)cc(OC)c1. The number of thiophene rings is 1. The van der Waals surface area contributed by atoms with Gasteiger partial charge in [0.1, 0.15) is 22.2 Å². The molecule has 0 radical (unpaired) electrons. The molecule has 0 spiro atoms. The number of methoxy groups -OCH3 is 2. The summed E-state index contributed by atoms with van der Waals surface area (Å²) in [5, 5.41) is 2.74. The van der Waals surface area contributed by atoms with Gasteiger partial charge in [-0.05, 0) is 41.3 Å². The number of aromatic nitrogens is 2. The van der Waals surface area contributed by atoms with Gasteiger partial charge in [0.15, 0.2) is 0 Å². The van der Waals surface area contributed by atoms with Gasteiger partial charge in [0.25, 0.3) is 5.56 Å². The van der Waals surface area contributed by atoms with Crippen LogP contribution in [0.2, 0.25) is 0 Å². The van der Waals surface area contributed by atoms with Crippen LogP contribution < -0.4 is 15.0 Å². The Hall–Kier alpha value is -3.38. The first-order chi connectivity index (χ1) is 14.7. The van der Waals surface area contributed by atoms with Crippen LogP contribution in [0.1, 0.15) is 17.8 Å². The highest BCUT2D eigenvalue weighted by Gasteiger charge is 2.23. The van der Waals surface area contributed by atoms with Gasteiger partial charge in [-0.2, -0.15) is 0 Å². The number of rotatable bonds is 4. The normalized spacial score (nSPS) is 14.3.